The van der Waals surface area contributed by atoms with Crippen LogP contribution in [-0.2, 0) is 13.0 Å². The van der Waals surface area contributed by atoms with Gasteiger partial charge in [0.05, 0.1) is 0 Å². The van der Waals surface area contributed by atoms with Crippen molar-refractivity contribution in [2.45, 2.75) is 13.0 Å². The highest BCUT2D eigenvalue weighted by molar-refractivity contribution is 5.87. The standard InChI is InChI=1S/C12H12N2O2/c15-12(16)14-5-4-8-6-13-10-3-1-2-9(7-14)11(8)10/h1-3,6,13H,4-5,7H2,(H,15,16). The van der Waals surface area contributed by atoms with Crippen LogP contribution < -0.4 is 0 Å². The summed E-state index contributed by atoms with van der Waals surface area (Å²) in [4.78, 5) is 15.7. The Morgan fingerprint density at radius 1 is 1.38 bits per heavy atom. The number of hydrogen-bond acceptors (Lipinski definition) is 1. The molecule has 16 heavy (non-hydrogen) atoms. The molecule has 1 amide bonds. The van der Waals surface area contributed by atoms with E-state index in [-0.39, 0.29) is 0 Å². The first-order valence-corrected chi connectivity index (χ1v) is 5.31. The Labute approximate surface area is 92.5 Å². The van der Waals surface area contributed by atoms with Crippen molar-refractivity contribution in [3.8, 4) is 0 Å². The maximum Gasteiger partial charge on any atom is 0.407 e. The molecule has 82 valence electrons. The second-order valence-electron chi connectivity index (χ2n) is 4.11. The normalized spacial score (nSPS) is 15.1. The molecule has 0 radical (unpaired) electrons. The van der Waals surface area contributed by atoms with Gasteiger partial charge in [0.2, 0.25) is 0 Å². The summed E-state index contributed by atoms with van der Waals surface area (Å²) in [7, 11) is 0. The van der Waals surface area contributed by atoms with Crippen molar-refractivity contribution in [3.63, 3.8) is 0 Å². The van der Waals surface area contributed by atoms with E-state index in [1.807, 2.05) is 24.4 Å². The van der Waals surface area contributed by atoms with Gasteiger partial charge in [-0.05, 0) is 23.6 Å². The number of aromatic nitrogens is 1. The third kappa shape index (κ3) is 1.26. The summed E-state index contributed by atoms with van der Waals surface area (Å²) in [6.07, 6.45) is 1.93. The lowest BCUT2D eigenvalue weighted by molar-refractivity contribution is 0.143. The zero-order valence-corrected chi connectivity index (χ0v) is 8.73. The van der Waals surface area contributed by atoms with Crippen molar-refractivity contribution in [2.75, 3.05) is 6.54 Å². The van der Waals surface area contributed by atoms with E-state index in [1.54, 1.807) is 0 Å². The first-order chi connectivity index (χ1) is 7.75. The monoisotopic (exact) mass is 216 g/mol. The zero-order valence-electron chi connectivity index (χ0n) is 8.73. The van der Waals surface area contributed by atoms with Crippen molar-refractivity contribution in [2.24, 2.45) is 0 Å². The molecule has 0 unspecified atom stereocenters. The highest BCUT2D eigenvalue weighted by Gasteiger charge is 2.19. The number of carboxylic acid groups (broad SMARTS) is 1. The fourth-order valence-electron chi connectivity index (χ4n) is 2.37. The second kappa shape index (κ2) is 3.27. The van der Waals surface area contributed by atoms with Gasteiger partial charge in [0.15, 0.2) is 0 Å². The van der Waals surface area contributed by atoms with E-state index >= 15 is 0 Å². The summed E-state index contributed by atoms with van der Waals surface area (Å²) in [6.45, 7) is 1.05. The first-order valence-electron chi connectivity index (χ1n) is 5.31. The van der Waals surface area contributed by atoms with E-state index in [9.17, 15) is 4.79 Å². The lowest BCUT2D eigenvalue weighted by Crippen LogP contribution is -2.29. The molecule has 0 fully saturated rings. The molecule has 0 bridgehead atoms. The highest BCUT2D eigenvalue weighted by Crippen LogP contribution is 2.27. The molecule has 4 nitrogen and oxygen atoms in total. The molecule has 2 aromatic rings. The van der Waals surface area contributed by atoms with E-state index in [1.165, 1.54) is 15.8 Å². The average molecular weight is 216 g/mol. The summed E-state index contributed by atoms with van der Waals surface area (Å²) >= 11 is 0. The van der Waals surface area contributed by atoms with Crippen molar-refractivity contribution in [1.82, 2.24) is 9.88 Å². The molecule has 1 aliphatic rings. The van der Waals surface area contributed by atoms with Crippen LogP contribution in [0.5, 0.6) is 0 Å². The predicted molar refractivity (Wildman–Crippen MR) is 60.4 cm³/mol. The molecule has 4 heteroatoms. The molecule has 0 atom stereocenters. The molecular formula is C12H12N2O2. The van der Waals surface area contributed by atoms with Crippen LogP contribution in [0, 0.1) is 0 Å². The van der Waals surface area contributed by atoms with E-state index in [0.29, 0.717) is 13.1 Å². The van der Waals surface area contributed by atoms with Crippen molar-refractivity contribution < 1.29 is 9.90 Å². The Bertz CT molecular complexity index is 559. The highest BCUT2D eigenvalue weighted by atomic mass is 16.4. The zero-order chi connectivity index (χ0) is 11.1. The topological polar surface area (TPSA) is 56.3 Å². The van der Waals surface area contributed by atoms with Crippen molar-refractivity contribution in [3.05, 3.63) is 35.5 Å². The average Bonchev–Trinajstić information content (AvgIpc) is 2.57. The number of H-pyrrole nitrogens is 1. The molecule has 2 N–H and O–H groups in total. The van der Waals surface area contributed by atoms with E-state index < -0.39 is 6.09 Å². The molecule has 1 aromatic heterocycles. The van der Waals surface area contributed by atoms with Gasteiger partial charge < -0.3 is 15.0 Å². The molecule has 3 rings (SSSR count). The van der Waals surface area contributed by atoms with E-state index in [0.717, 1.165) is 17.5 Å². The first kappa shape index (κ1) is 9.27. The minimum atomic E-state index is -0.842. The largest absolute Gasteiger partial charge is 0.465 e. The Kier molecular flexibility index (Phi) is 1.89. The van der Waals surface area contributed by atoms with Gasteiger partial charge in [0.1, 0.15) is 0 Å². The number of rotatable bonds is 0. The summed E-state index contributed by atoms with van der Waals surface area (Å²) in [5.41, 5.74) is 3.41. The van der Waals surface area contributed by atoms with Crippen LogP contribution in [0.4, 0.5) is 4.79 Å². The van der Waals surface area contributed by atoms with E-state index in [2.05, 4.69) is 4.98 Å². The van der Waals surface area contributed by atoms with Crippen LogP contribution in [-0.4, -0.2) is 27.6 Å². The van der Waals surface area contributed by atoms with Gasteiger partial charge in [-0.3, -0.25) is 0 Å². The van der Waals surface area contributed by atoms with Gasteiger partial charge in [-0.25, -0.2) is 4.79 Å². The maximum absolute atomic E-state index is 11.0. The number of nitrogens with zero attached hydrogens (tertiary/aromatic N) is 1. The van der Waals surface area contributed by atoms with Crippen molar-refractivity contribution >= 4 is 17.0 Å². The number of benzene rings is 1. The smallest absolute Gasteiger partial charge is 0.407 e. The molecule has 2 heterocycles. The Morgan fingerprint density at radius 2 is 2.25 bits per heavy atom. The Hall–Kier alpha value is -1.97. The van der Waals surface area contributed by atoms with Crippen LogP contribution in [0.15, 0.2) is 24.4 Å². The lowest BCUT2D eigenvalue weighted by atomic mass is 10.1. The van der Waals surface area contributed by atoms with E-state index in [4.69, 9.17) is 5.11 Å². The van der Waals surface area contributed by atoms with Gasteiger partial charge in [-0.2, -0.15) is 0 Å². The third-order valence-corrected chi connectivity index (χ3v) is 3.16. The van der Waals surface area contributed by atoms with Crippen LogP contribution in [0.3, 0.4) is 0 Å². The molecule has 1 aliphatic heterocycles. The molecular weight excluding hydrogens is 204 g/mol. The van der Waals surface area contributed by atoms with Crippen LogP contribution >= 0.6 is 0 Å². The molecule has 0 spiro atoms. The third-order valence-electron chi connectivity index (χ3n) is 3.16. The van der Waals surface area contributed by atoms with Crippen molar-refractivity contribution in [1.29, 1.82) is 0 Å². The van der Waals surface area contributed by atoms with Gasteiger partial charge >= 0.3 is 6.09 Å². The Balaban J connectivity index is 2.16. The number of carbonyl (C=O) groups is 1. The summed E-state index contributed by atoms with van der Waals surface area (Å²) in [5, 5.41) is 10.3. The van der Waals surface area contributed by atoms with Crippen LogP contribution in [0.2, 0.25) is 0 Å². The van der Waals surface area contributed by atoms with Crippen LogP contribution in [0.1, 0.15) is 11.1 Å². The Morgan fingerprint density at radius 3 is 3.06 bits per heavy atom. The minimum absolute atomic E-state index is 0.484. The predicted octanol–water partition coefficient (Wildman–Crippen LogP) is 2.20. The van der Waals surface area contributed by atoms with Crippen LogP contribution in [0.25, 0.3) is 10.9 Å². The van der Waals surface area contributed by atoms with Gasteiger partial charge in [0, 0.05) is 30.2 Å². The lowest BCUT2D eigenvalue weighted by Gasteiger charge is -2.16. The molecule has 1 aromatic carbocycles. The number of hydrogen-bond donors (Lipinski definition) is 2. The molecule has 0 saturated carbocycles. The maximum atomic E-state index is 11.0. The van der Waals surface area contributed by atoms with Gasteiger partial charge in [0.25, 0.3) is 0 Å². The minimum Gasteiger partial charge on any atom is -0.465 e. The SMILES string of the molecule is O=C(O)N1CCc2c[nH]c3cccc(c23)C1. The second-order valence-corrected chi connectivity index (χ2v) is 4.11. The summed E-state index contributed by atoms with van der Waals surface area (Å²) in [5.74, 6) is 0. The molecule has 0 aliphatic carbocycles. The quantitative estimate of drug-likeness (QED) is 0.709. The van der Waals surface area contributed by atoms with Gasteiger partial charge in [-0.15, -0.1) is 0 Å². The molecule has 0 saturated heterocycles. The van der Waals surface area contributed by atoms with Gasteiger partial charge in [-0.1, -0.05) is 12.1 Å². The number of nitrogens with one attached hydrogen (secondary N) is 1. The summed E-state index contributed by atoms with van der Waals surface area (Å²) < 4.78 is 0. The summed E-state index contributed by atoms with van der Waals surface area (Å²) in [6, 6.07) is 5.99. The fourth-order valence-corrected chi connectivity index (χ4v) is 2.37. The number of amides is 1. The number of aromatic amines is 1. The fraction of sp³-hybridized carbons (Fsp3) is 0.250.